The fourth-order valence-corrected chi connectivity index (χ4v) is 5.61. The lowest BCUT2D eigenvalue weighted by Gasteiger charge is -2.22. The fraction of sp³-hybridized carbons (Fsp3) is 0.462. The van der Waals surface area contributed by atoms with Gasteiger partial charge in [0, 0.05) is 29.1 Å². The molecule has 0 amide bonds. The summed E-state index contributed by atoms with van der Waals surface area (Å²) in [7, 11) is 0. The number of hydrogen-bond acceptors (Lipinski definition) is 6. The van der Waals surface area contributed by atoms with E-state index in [0.717, 1.165) is 28.4 Å². The monoisotopic (exact) mass is 311 g/mol. The molecule has 0 radical (unpaired) electrons. The molecule has 6 heteroatoms. The molecule has 2 heterocycles. The van der Waals surface area contributed by atoms with Crippen molar-refractivity contribution >= 4 is 56.5 Å². The maximum atomic E-state index is 6.12. The lowest BCUT2D eigenvalue weighted by Crippen LogP contribution is -2.23. The fourth-order valence-electron chi connectivity index (χ4n) is 2.14. The topological polar surface area (TPSA) is 50.9 Å². The smallest absolute Gasteiger partial charge is 0.0907 e. The molecule has 3 N–H and O–H groups in total. The SMILES string of the molecule is Cc1nc2cc(NCC3CSCCS3)c(N)cc2s1. The first-order valence-electron chi connectivity index (χ1n) is 6.32. The number of fused-ring (bicyclic) bond motifs is 1. The van der Waals surface area contributed by atoms with Crippen LogP contribution in [0.2, 0.25) is 0 Å². The van der Waals surface area contributed by atoms with Crippen molar-refractivity contribution in [3.63, 3.8) is 0 Å². The standard InChI is InChI=1S/C13H17N3S3/c1-8-16-12-5-11(10(14)4-13(12)19-8)15-6-9-7-17-2-3-18-9/h4-5,9,15H,2-3,6-7,14H2,1H3. The molecule has 1 aromatic carbocycles. The van der Waals surface area contributed by atoms with E-state index >= 15 is 0 Å². The van der Waals surface area contributed by atoms with Gasteiger partial charge in [0.05, 0.1) is 26.6 Å². The molecule has 1 saturated heterocycles. The van der Waals surface area contributed by atoms with Crippen LogP contribution in [0.5, 0.6) is 0 Å². The number of aryl methyl sites for hydroxylation is 1. The lowest BCUT2D eigenvalue weighted by atomic mass is 10.2. The minimum Gasteiger partial charge on any atom is -0.397 e. The van der Waals surface area contributed by atoms with Crippen LogP contribution >= 0.6 is 34.9 Å². The van der Waals surface area contributed by atoms with Gasteiger partial charge in [-0.3, -0.25) is 0 Å². The van der Waals surface area contributed by atoms with Crippen LogP contribution in [0.3, 0.4) is 0 Å². The number of nitrogen functional groups attached to an aromatic ring is 1. The number of rotatable bonds is 3. The van der Waals surface area contributed by atoms with E-state index in [1.54, 1.807) is 11.3 Å². The molecule has 0 bridgehead atoms. The lowest BCUT2D eigenvalue weighted by molar-refractivity contribution is 1.01. The average molecular weight is 312 g/mol. The van der Waals surface area contributed by atoms with Gasteiger partial charge >= 0.3 is 0 Å². The summed E-state index contributed by atoms with van der Waals surface area (Å²) in [6.45, 7) is 3.01. The summed E-state index contributed by atoms with van der Waals surface area (Å²) in [6, 6.07) is 4.11. The number of thiazole rings is 1. The highest BCUT2D eigenvalue weighted by molar-refractivity contribution is 8.06. The number of anilines is 2. The predicted molar refractivity (Wildman–Crippen MR) is 90.8 cm³/mol. The Morgan fingerprint density at radius 3 is 3.11 bits per heavy atom. The molecular weight excluding hydrogens is 294 g/mol. The Hall–Kier alpha value is -0.590. The number of benzene rings is 1. The summed E-state index contributed by atoms with van der Waals surface area (Å²) >= 11 is 5.80. The Morgan fingerprint density at radius 1 is 1.42 bits per heavy atom. The minimum absolute atomic E-state index is 0.686. The molecule has 1 aromatic heterocycles. The molecule has 102 valence electrons. The van der Waals surface area contributed by atoms with Crippen LogP contribution < -0.4 is 11.1 Å². The number of thioether (sulfide) groups is 2. The minimum atomic E-state index is 0.686. The summed E-state index contributed by atoms with van der Waals surface area (Å²) in [6.07, 6.45) is 0. The van der Waals surface area contributed by atoms with Gasteiger partial charge in [0.1, 0.15) is 0 Å². The first kappa shape index (κ1) is 13.4. The van der Waals surface area contributed by atoms with Crippen LogP contribution in [-0.4, -0.2) is 34.0 Å². The van der Waals surface area contributed by atoms with E-state index in [4.69, 9.17) is 5.73 Å². The van der Waals surface area contributed by atoms with Crippen LogP contribution in [0, 0.1) is 6.92 Å². The van der Waals surface area contributed by atoms with Crippen molar-refractivity contribution in [3.8, 4) is 0 Å². The predicted octanol–water partition coefficient (Wildman–Crippen LogP) is 3.45. The van der Waals surface area contributed by atoms with E-state index in [2.05, 4.69) is 28.1 Å². The van der Waals surface area contributed by atoms with Crippen molar-refractivity contribution < 1.29 is 0 Å². The molecule has 1 aliphatic rings. The van der Waals surface area contributed by atoms with Crippen molar-refractivity contribution in [2.75, 3.05) is 34.9 Å². The molecular formula is C13H17N3S3. The van der Waals surface area contributed by atoms with Gasteiger partial charge in [-0.2, -0.15) is 23.5 Å². The van der Waals surface area contributed by atoms with Crippen molar-refractivity contribution in [1.29, 1.82) is 0 Å². The molecule has 19 heavy (non-hydrogen) atoms. The zero-order chi connectivity index (χ0) is 13.2. The van der Waals surface area contributed by atoms with Crippen molar-refractivity contribution in [2.24, 2.45) is 0 Å². The summed E-state index contributed by atoms with van der Waals surface area (Å²) in [5.74, 6) is 3.78. The second kappa shape index (κ2) is 5.81. The molecule has 1 unspecified atom stereocenters. The van der Waals surface area contributed by atoms with Gasteiger partial charge in [-0.25, -0.2) is 4.98 Å². The van der Waals surface area contributed by atoms with Crippen molar-refractivity contribution in [3.05, 3.63) is 17.1 Å². The normalized spacial score (nSPS) is 19.7. The van der Waals surface area contributed by atoms with E-state index in [1.807, 2.05) is 24.8 Å². The summed E-state index contributed by atoms with van der Waals surface area (Å²) < 4.78 is 1.17. The van der Waals surface area contributed by atoms with Gasteiger partial charge in [-0.15, -0.1) is 11.3 Å². The maximum absolute atomic E-state index is 6.12. The van der Waals surface area contributed by atoms with Gasteiger partial charge in [0.15, 0.2) is 0 Å². The third kappa shape index (κ3) is 3.12. The van der Waals surface area contributed by atoms with Crippen molar-refractivity contribution in [1.82, 2.24) is 4.98 Å². The summed E-state index contributed by atoms with van der Waals surface area (Å²) in [4.78, 5) is 4.52. The van der Waals surface area contributed by atoms with E-state index in [9.17, 15) is 0 Å². The highest BCUT2D eigenvalue weighted by atomic mass is 32.2. The van der Waals surface area contributed by atoms with E-state index in [0.29, 0.717) is 5.25 Å². The third-order valence-electron chi connectivity index (χ3n) is 3.07. The summed E-state index contributed by atoms with van der Waals surface area (Å²) in [5, 5.41) is 5.26. The van der Waals surface area contributed by atoms with Crippen molar-refractivity contribution in [2.45, 2.75) is 12.2 Å². The van der Waals surface area contributed by atoms with Crippen LogP contribution in [0.15, 0.2) is 12.1 Å². The van der Waals surface area contributed by atoms with Crippen LogP contribution in [-0.2, 0) is 0 Å². The highest BCUT2D eigenvalue weighted by Gasteiger charge is 2.14. The number of hydrogen-bond donors (Lipinski definition) is 2. The quantitative estimate of drug-likeness (QED) is 0.850. The second-order valence-electron chi connectivity index (χ2n) is 4.59. The molecule has 1 aliphatic heterocycles. The number of aromatic nitrogens is 1. The Balaban J connectivity index is 1.74. The average Bonchev–Trinajstić information content (AvgIpc) is 2.76. The van der Waals surface area contributed by atoms with Gasteiger partial charge < -0.3 is 11.1 Å². The Kier molecular flexibility index (Phi) is 4.10. The molecule has 1 fully saturated rings. The number of nitrogens with one attached hydrogen (secondary N) is 1. The molecule has 1 atom stereocenters. The number of nitrogens with zero attached hydrogens (tertiary/aromatic N) is 1. The molecule has 0 saturated carbocycles. The largest absolute Gasteiger partial charge is 0.397 e. The summed E-state index contributed by atoms with van der Waals surface area (Å²) in [5.41, 5.74) is 9.01. The molecule has 3 nitrogen and oxygen atoms in total. The van der Waals surface area contributed by atoms with E-state index in [-0.39, 0.29) is 0 Å². The second-order valence-corrected chi connectivity index (χ2v) is 8.38. The Morgan fingerprint density at radius 2 is 2.32 bits per heavy atom. The van der Waals surface area contributed by atoms with E-state index < -0.39 is 0 Å². The molecule has 0 spiro atoms. The van der Waals surface area contributed by atoms with E-state index in [1.165, 1.54) is 22.0 Å². The Labute approximate surface area is 125 Å². The van der Waals surface area contributed by atoms with Gasteiger partial charge in [0.2, 0.25) is 0 Å². The molecule has 2 aromatic rings. The molecule has 0 aliphatic carbocycles. The van der Waals surface area contributed by atoms with Gasteiger partial charge in [0.25, 0.3) is 0 Å². The third-order valence-corrected chi connectivity index (χ3v) is 6.85. The van der Waals surface area contributed by atoms with Gasteiger partial charge in [-0.1, -0.05) is 0 Å². The van der Waals surface area contributed by atoms with Crippen LogP contribution in [0.25, 0.3) is 10.2 Å². The van der Waals surface area contributed by atoms with Crippen LogP contribution in [0.4, 0.5) is 11.4 Å². The zero-order valence-electron chi connectivity index (χ0n) is 10.8. The zero-order valence-corrected chi connectivity index (χ0v) is 13.3. The number of nitrogens with two attached hydrogens (primary N) is 1. The van der Waals surface area contributed by atoms with Crippen LogP contribution in [0.1, 0.15) is 5.01 Å². The Bertz CT molecular complexity index is 576. The van der Waals surface area contributed by atoms with Gasteiger partial charge in [-0.05, 0) is 19.1 Å². The first-order valence-corrected chi connectivity index (χ1v) is 9.34. The maximum Gasteiger partial charge on any atom is 0.0907 e. The first-order chi connectivity index (χ1) is 9.22. The molecule has 3 rings (SSSR count). The highest BCUT2D eigenvalue weighted by Crippen LogP contribution is 2.30.